The van der Waals surface area contributed by atoms with Gasteiger partial charge in [0.2, 0.25) is 0 Å². The van der Waals surface area contributed by atoms with Gasteiger partial charge in [0.15, 0.2) is 23.1 Å². The number of rotatable bonds is 2. The molecule has 4 nitrogen and oxygen atoms in total. The summed E-state index contributed by atoms with van der Waals surface area (Å²) in [5.74, 6) is -6.04. The van der Waals surface area contributed by atoms with Gasteiger partial charge in [0.25, 0.3) is 0 Å². The molecule has 0 heterocycles. The molecule has 0 saturated heterocycles. The van der Waals surface area contributed by atoms with E-state index in [-0.39, 0.29) is 0 Å². The van der Waals surface area contributed by atoms with Gasteiger partial charge in [0.05, 0.1) is 7.11 Å². The summed E-state index contributed by atoms with van der Waals surface area (Å²) in [7, 11) is 1.02. The van der Waals surface area contributed by atoms with Gasteiger partial charge in [-0.25, -0.2) is 13.6 Å². The molecule has 0 unspecified atom stereocenters. The van der Waals surface area contributed by atoms with Crippen LogP contribution in [0, 0.1) is 11.6 Å². The topological polar surface area (TPSA) is 66.8 Å². The van der Waals surface area contributed by atoms with Gasteiger partial charge < -0.3 is 14.9 Å². The van der Waals surface area contributed by atoms with E-state index in [9.17, 15) is 13.6 Å². The summed E-state index contributed by atoms with van der Waals surface area (Å²) in [6.07, 6.45) is 0. The number of phenols is 1. The van der Waals surface area contributed by atoms with Crippen molar-refractivity contribution in [1.29, 1.82) is 0 Å². The highest BCUT2D eigenvalue weighted by Gasteiger charge is 2.24. The maximum Gasteiger partial charge on any atom is 0.343 e. The lowest BCUT2D eigenvalue weighted by molar-refractivity contribution is 0.0687. The van der Waals surface area contributed by atoms with Crippen LogP contribution in [-0.4, -0.2) is 23.3 Å². The Morgan fingerprint density at radius 3 is 2.43 bits per heavy atom. The quantitative estimate of drug-likeness (QED) is 0.763. The lowest BCUT2D eigenvalue weighted by Crippen LogP contribution is -2.04. The van der Waals surface area contributed by atoms with Crippen molar-refractivity contribution in [3.05, 3.63) is 23.3 Å². The molecule has 14 heavy (non-hydrogen) atoms. The molecule has 1 rings (SSSR count). The smallest absolute Gasteiger partial charge is 0.343 e. The molecule has 0 aromatic heterocycles. The van der Waals surface area contributed by atoms with E-state index >= 15 is 0 Å². The highest BCUT2D eigenvalue weighted by atomic mass is 19.1. The normalized spacial score (nSPS) is 9.93. The number of aromatic hydroxyl groups is 1. The number of ether oxygens (including phenoxy) is 1. The van der Waals surface area contributed by atoms with Crippen LogP contribution < -0.4 is 4.74 Å². The van der Waals surface area contributed by atoms with Crippen LogP contribution in [0.25, 0.3) is 0 Å². The second kappa shape index (κ2) is 3.49. The molecule has 1 aromatic rings. The maximum atomic E-state index is 12.9. The first-order valence-corrected chi connectivity index (χ1v) is 3.47. The summed E-state index contributed by atoms with van der Waals surface area (Å²) in [5.41, 5.74) is -0.926. The third-order valence-corrected chi connectivity index (χ3v) is 1.58. The predicted octanol–water partition coefficient (Wildman–Crippen LogP) is 1.38. The fraction of sp³-hybridized carbons (Fsp3) is 0.125. The van der Waals surface area contributed by atoms with Crippen molar-refractivity contribution in [2.45, 2.75) is 0 Å². The van der Waals surface area contributed by atoms with E-state index in [0.717, 1.165) is 7.11 Å². The molecule has 2 N–H and O–H groups in total. The number of halogens is 2. The van der Waals surface area contributed by atoms with Crippen LogP contribution in [0.1, 0.15) is 10.4 Å². The lowest BCUT2D eigenvalue weighted by atomic mass is 10.1. The average molecular weight is 204 g/mol. The fourth-order valence-corrected chi connectivity index (χ4v) is 0.990. The van der Waals surface area contributed by atoms with Crippen molar-refractivity contribution in [3.63, 3.8) is 0 Å². The zero-order chi connectivity index (χ0) is 10.9. The summed E-state index contributed by atoms with van der Waals surface area (Å²) < 4.78 is 30.0. The molecule has 0 bridgehead atoms. The van der Waals surface area contributed by atoms with Crippen molar-refractivity contribution in [2.24, 2.45) is 0 Å². The van der Waals surface area contributed by atoms with Gasteiger partial charge in [-0.05, 0) is 0 Å². The number of carboxylic acid groups (broad SMARTS) is 1. The van der Waals surface area contributed by atoms with Crippen molar-refractivity contribution in [3.8, 4) is 11.5 Å². The van der Waals surface area contributed by atoms with Gasteiger partial charge >= 0.3 is 5.97 Å². The standard InChI is InChI=1S/C8H6F2O4/c1-14-7-4(10)2-3(9)6(11)5(7)8(12)13/h2,11H,1H3,(H,12,13). The molecular formula is C8H6F2O4. The lowest BCUT2D eigenvalue weighted by Gasteiger charge is -2.08. The number of hydrogen-bond acceptors (Lipinski definition) is 3. The molecule has 1 aromatic carbocycles. The average Bonchev–Trinajstić information content (AvgIpc) is 2.10. The Bertz CT molecular complexity index is 389. The summed E-state index contributed by atoms with van der Waals surface area (Å²) in [6.45, 7) is 0. The number of carboxylic acids is 1. The largest absolute Gasteiger partial charge is 0.504 e. The Labute approximate surface area is 77.4 Å². The van der Waals surface area contributed by atoms with Gasteiger partial charge in [0.1, 0.15) is 5.56 Å². The first-order chi connectivity index (χ1) is 6.49. The van der Waals surface area contributed by atoms with Crippen molar-refractivity contribution in [2.75, 3.05) is 7.11 Å². The number of hydrogen-bond donors (Lipinski definition) is 2. The van der Waals surface area contributed by atoms with Crippen molar-refractivity contribution < 1.29 is 28.5 Å². The zero-order valence-corrected chi connectivity index (χ0v) is 7.04. The monoisotopic (exact) mass is 204 g/mol. The highest BCUT2D eigenvalue weighted by molar-refractivity contribution is 5.94. The van der Waals surface area contributed by atoms with E-state index in [2.05, 4.69) is 4.74 Å². The van der Waals surface area contributed by atoms with E-state index in [1.165, 1.54) is 0 Å². The summed E-state index contributed by atoms with van der Waals surface area (Å²) in [5, 5.41) is 17.6. The van der Waals surface area contributed by atoms with Crippen molar-refractivity contribution in [1.82, 2.24) is 0 Å². The van der Waals surface area contributed by atoms with Crippen molar-refractivity contribution >= 4 is 5.97 Å². The molecule has 0 aliphatic rings. The molecule has 0 saturated carbocycles. The summed E-state index contributed by atoms with van der Waals surface area (Å²) >= 11 is 0. The van der Waals surface area contributed by atoms with Gasteiger partial charge in [0, 0.05) is 6.07 Å². The fourth-order valence-electron chi connectivity index (χ4n) is 0.990. The number of methoxy groups -OCH3 is 1. The van der Waals surface area contributed by atoms with Gasteiger partial charge in [-0.3, -0.25) is 0 Å². The van der Waals surface area contributed by atoms with Crippen LogP contribution in [0.15, 0.2) is 6.07 Å². The number of aromatic carboxylic acids is 1. The van der Waals surface area contributed by atoms with Crippen LogP contribution in [0.5, 0.6) is 11.5 Å². The van der Waals surface area contributed by atoms with Crippen LogP contribution in [0.2, 0.25) is 0 Å². The number of carbonyl (C=O) groups is 1. The molecule has 0 fully saturated rings. The minimum absolute atomic E-state index is 0.348. The molecule has 0 spiro atoms. The zero-order valence-electron chi connectivity index (χ0n) is 7.04. The Kier molecular flexibility index (Phi) is 2.55. The third kappa shape index (κ3) is 1.46. The van der Waals surface area contributed by atoms with Crippen LogP contribution in [0.3, 0.4) is 0 Å². The highest BCUT2D eigenvalue weighted by Crippen LogP contribution is 2.32. The molecular weight excluding hydrogens is 198 g/mol. The minimum Gasteiger partial charge on any atom is -0.504 e. The molecule has 0 amide bonds. The summed E-state index contributed by atoms with van der Waals surface area (Å²) in [6, 6.07) is 0.348. The molecule has 0 atom stereocenters. The maximum absolute atomic E-state index is 12.9. The van der Waals surface area contributed by atoms with Gasteiger partial charge in [-0.2, -0.15) is 0 Å². The Hall–Kier alpha value is -1.85. The van der Waals surface area contributed by atoms with Gasteiger partial charge in [-0.1, -0.05) is 0 Å². The van der Waals surface area contributed by atoms with E-state index in [0.29, 0.717) is 6.07 Å². The number of benzene rings is 1. The summed E-state index contributed by atoms with van der Waals surface area (Å²) in [4.78, 5) is 10.5. The van der Waals surface area contributed by atoms with Crippen LogP contribution >= 0.6 is 0 Å². The molecule has 6 heteroatoms. The van der Waals surface area contributed by atoms with Crippen LogP contribution in [-0.2, 0) is 0 Å². The molecule has 0 radical (unpaired) electrons. The van der Waals surface area contributed by atoms with E-state index in [1.54, 1.807) is 0 Å². The van der Waals surface area contributed by atoms with E-state index in [4.69, 9.17) is 10.2 Å². The molecule has 0 aliphatic carbocycles. The van der Waals surface area contributed by atoms with E-state index in [1.807, 2.05) is 0 Å². The molecule has 0 aliphatic heterocycles. The minimum atomic E-state index is -1.67. The first-order valence-electron chi connectivity index (χ1n) is 3.47. The third-order valence-electron chi connectivity index (χ3n) is 1.58. The second-order valence-corrected chi connectivity index (χ2v) is 2.40. The van der Waals surface area contributed by atoms with E-state index < -0.39 is 34.7 Å². The van der Waals surface area contributed by atoms with Crippen LogP contribution in [0.4, 0.5) is 8.78 Å². The second-order valence-electron chi connectivity index (χ2n) is 2.40. The Morgan fingerprint density at radius 1 is 1.43 bits per heavy atom. The van der Waals surface area contributed by atoms with Gasteiger partial charge in [-0.15, -0.1) is 0 Å². The Morgan fingerprint density at radius 2 is 2.00 bits per heavy atom. The molecule has 76 valence electrons. The predicted molar refractivity (Wildman–Crippen MR) is 41.5 cm³/mol. The first kappa shape index (κ1) is 10.2. The SMILES string of the molecule is COc1c(F)cc(F)c(O)c1C(=O)O. The Balaban J connectivity index is 3.56.